The third kappa shape index (κ3) is 4.80. The van der Waals surface area contributed by atoms with Crippen molar-refractivity contribution >= 4 is 29.3 Å². The van der Waals surface area contributed by atoms with E-state index in [4.69, 9.17) is 11.6 Å². The number of amides is 1. The first-order valence-corrected chi connectivity index (χ1v) is 8.32. The van der Waals surface area contributed by atoms with Gasteiger partial charge in [0, 0.05) is 11.6 Å². The molecule has 0 radical (unpaired) electrons. The highest BCUT2D eigenvalue weighted by molar-refractivity contribution is 8.00. The summed E-state index contributed by atoms with van der Waals surface area (Å²) in [6.45, 7) is 2.59. The van der Waals surface area contributed by atoms with Crippen LogP contribution in [-0.4, -0.2) is 18.2 Å². The predicted molar refractivity (Wildman–Crippen MR) is 90.9 cm³/mol. The second kappa shape index (κ2) is 8.11. The van der Waals surface area contributed by atoms with Crippen LogP contribution in [0.2, 0.25) is 5.02 Å². The monoisotopic (exact) mass is 319 g/mol. The zero-order chi connectivity index (χ0) is 15.1. The summed E-state index contributed by atoms with van der Waals surface area (Å²) in [5, 5.41) is 3.68. The summed E-state index contributed by atoms with van der Waals surface area (Å²) in [5.74, 6) is 0.508. The number of hydrogen-bond acceptors (Lipinski definition) is 2. The maximum Gasteiger partial charge on any atom is 0.230 e. The smallest absolute Gasteiger partial charge is 0.230 e. The minimum Gasteiger partial charge on any atom is -0.356 e. The standard InChI is InChI=1S/C17H18ClNOS/c1-2-19-16(20)12-21-17(13-6-4-3-5-7-13)14-8-10-15(18)11-9-14/h3-11,17H,2,12H2,1H3,(H,19,20)/t17-/m1/s1. The number of halogens is 1. The molecule has 0 aromatic heterocycles. The Hall–Kier alpha value is -1.45. The van der Waals surface area contributed by atoms with Gasteiger partial charge in [0.05, 0.1) is 11.0 Å². The van der Waals surface area contributed by atoms with Crippen LogP contribution in [0.15, 0.2) is 54.6 Å². The molecule has 0 heterocycles. The van der Waals surface area contributed by atoms with Gasteiger partial charge < -0.3 is 5.32 Å². The molecule has 0 aliphatic carbocycles. The van der Waals surface area contributed by atoms with Crippen LogP contribution in [0.5, 0.6) is 0 Å². The summed E-state index contributed by atoms with van der Waals surface area (Å²) >= 11 is 7.59. The van der Waals surface area contributed by atoms with Gasteiger partial charge in [-0.3, -0.25) is 4.79 Å². The summed E-state index contributed by atoms with van der Waals surface area (Å²) in [7, 11) is 0. The molecule has 21 heavy (non-hydrogen) atoms. The Labute approximate surface area is 134 Å². The van der Waals surface area contributed by atoms with Crippen LogP contribution >= 0.6 is 23.4 Å². The molecule has 1 N–H and O–H groups in total. The first kappa shape index (κ1) is 15.9. The van der Waals surface area contributed by atoms with Crippen molar-refractivity contribution in [2.45, 2.75) is 12.2 Å². The average Bonchev–Trinajstić information content (AvgIpc) is 2.50. The quantitative estimate of drug-likeness (QED) is 0.860. The lowest BCUT2D eigenvalue weighted by atomic mass is 10.0. The third-order valence-electron chi connectivity index (χ3n) is 3.03. The van der Waals surface area contributed by atoms with Crippen LogP contribution in [0.4, 0.5) is 0 Å². The number of thioether (sulfide) groups is 1. The molecule has 2 aromatic carbocycles. The van der Waals surface area contributed by atoms with E-state index in [0.717, 1.165) is 10.6 Å². The lowest BCUT2D eigenvalue weighted by Gasteiger charge is -2.17. The van der Waals surface area contributed by atoms with E-state index in [1.807, 2.05) is 49.4 Å². The first-order valence-electron chi connectivity index (χ1n) is 6.89. The second-order valence-electron chi connectivity index (χ2n) is 4.61. The van der Waals surface area contributed by atoms with Crippen LogP contribution in [0.3, 0.4) is 0 Å². The van der Waals surface area contributed by atoms with Crippen LogP contribution in [0, 0.1) is 0 Å². The SMILES string of the molecule is CCNC(=O)CS[C@H](c1ccccc1)c1ccc(Cl)cc1. The zero-order valence-corrected chi connectivity index (χ0v) is 13.5. The summed E-state index contributed by atoms with van der Waals surface area (Å²) < 4.78 is 0. The first-order chi connectivity index (χ1) is 10.2. The van der Waals surface area contributed by atoms with Gasteiger partial charge in [-0.05, 0) is 30.2 Å². The highest BCUT2D eigenvalue weighted by Gasteiger charge is 2.16. The van der Waals surface area contributed by atoms with Gasteiger partial charge in [-0.25, -0.2) is 0 Å². The zero-order valence-electron chi connectivity index (χ0n) is 11.9. The molecule has 1 amide bonds. The molecule has 1 atom stereocenters. The number of carbonyl (C=O) groups is 1. The summed E-state index contributed by atoms with van der Waals surface area (Å²) in [5.41, 5.74) is 2.34. The molecule has 0 saturated heterocycles. The minimum absolute atomic E-state index is 0.0670. The molecule has 2 aromatic rings. The molecular formula is C17H18ClNOS. The van der Waals surface area contributed by atoms with Gasteiger partial charge in [0.1, 0.15) is 0 Å². The van der Waals surface area contributed by atoms with Gasteiger partial charge in [0.15, 0.2) is 0 Å². The topological polar surface area (TPSA) is 29.1 Å². The van der Waals surface area contributed by atoms with E-state index in [1.54, 1.807) is 11.8 Å². The van der Waals surface area contributed by atoms with Crippen LogP contribution < -0.4 is 5.32 Å². The fourth-order valence-corrected chi connectivity index (χ4v) is 3.30. The number of rotatable bonds is 6. The van der Waals surface area contributed by atoms with Crippen molar-refractivity contribution in [3.05, 3.63) is 70.7 Å². The molecule has 0 unspecified atom stereocenters. The summed E-state index contributed by atoms with van der Waals surface area (Å²) in [6, 6.07) is 18.0. The molecule has 2 rings (SSSR count). The Balaban J connectivity index is 2.18. The van der Waals surface area contributed by atoms with Crippen molar-refractivity contribution in [1.82, 2.24) is 5.32 Å². The van der Waals surface area contributed by atoms with Crippen molar-refractivity contribution < 1.29 is 4.79 Å². The van der Waals surface area contributed by atoms with Gasteiger partial charge >= 0.3 is 0 Å². The Morgan fingerprint density at radius 1 is 1.10 bits per heavy atom. The highest BCUT2D eigenvalue weighted by atomic mass is 35.5. The van der Waals surface area contributed by atoms with Gasteiger partial charge in [-0.1, -0.05) is 54.1 Å². The van der Waals surface area contributed by atoms with E-state index < -0.39 is 0 Å². The maximum absolute atomic E-state index is 11.7. The number of carbonyl (C=O) groups excluding carboxylic acids is 1. The molecule has 110 valence electrons. The van der Waals surface area contributed by atoms with Gasteiger partial charge in [-0.2, -0.15) is 0 Å². The molecular weight excluding hydrogens is 302 g/mol. The van der Waals surface area contributed by atoms with Gasteiger partial charge in [0.25, 0.3) is 0 Å². The lowest BCUT2D eigenvalue weighted by molar-refractivity contribution is -0.118. The van der Waals surface area contributed by atoms with Crippen molar-refractivity contribution in [1.29, 1.82) is 0 Å². The summed E-state index contributed by atoms with van der Waals surface area (Å²) in [6.07, 6.45) is 0. The van der Waals surface area contributed by atoms with Gasteiger partial charge in [0.2, 0.25) is 5.91 Å². The number of hydrogen-bond donors (Lipinski definition) is 1. The van der Waals surface area contributed by atoms with Crippen molar-refractivity contribution in [2.24, 2.45) is 0 Å². The average molecular weight is 320 g/mol. The van der Waals surface area contributed by atoms with Crippen molar-refractivity contribution in [2.75, 3.05) is 12.3 Å². The van der Waals surface area contributed by atoms with E-state index in [0.29, 0.717) is 12.3 Å². The molecule has 0 aliphatic heterocycles. The fourth-order valence-electron chi connectivity index (χ4n) is 2.06. The van der Waals surface area contributed by atoms with E-state index in [1.165, 1.54) is 5.56 Å². The summed E-state index contributed by atoms with van der Waals surface area (Å²) in [4.78, 5) is 11.7. The third-order valence-corrected chi connectivity index (χ3v) is 4.59. The predicted octanol–water partition coefficient (Wildman–Crippen LogP) is 4.30. The molecule has 0 fully saturated rings. The normalized spacial score (nSPS) is 11.9. The molecule has 0 bridgehead atoms. The van der Waals surface area contributed by atoms with E-state index in [-0.39, 0.29) is 11.2 Å². The second-order valence-corrected chi connectivity index (χ2v) is 6.14. The number of nitrogens with one attached hydrogen (secondary N) is 1. The minimum atomic E-state index is 0.0670. The van der Waals surface area contributed by atoms with E-state index in [9.17, 15) is 4.79 Å². The van der Waals surface area contributed by atoms with Gasteiger partial charge in [-0.15, -0.1) is 11.8 Å². The van der Waals surface area contributed by atoms with Crippen LogP contribution in [-0.2, 0) is 4.79 Å². The molecule has 4 heteroatoms. The Morgan fingerprint density at radius 2 is 1.71 bits per heavy atom. The molecule has 0 saturated carbocycles. The van der Waals surface area contributed by atoms with Crippen molar-refractivity contribution in [3.8, 4) is 0 Å². The van der Waals surface area contributed by atoms with Crippen molar-refractivity contribution in [3.63, 3.8) is 0 Å². The number of benzene rings is 2. The molecule has 0 spiro atoms. The molecule has 0 aliphatic rings. The Morgan fingerprint density at radius 3 is 2.33 bits per heavy atom. The fraction of sp³-hybridized carbons (Fsp3) is 0.235. The van der Waals surface area contributed by atoms with Crippen LogP contribution in [0.1, 0.15) is 23.3 Å². The van der Waals surface area contributed by atoms with E-state index in [2.05, 4.69) is 17.4 Å². The Kier molecular flexibility index (Phi) is 6.15. The van der Waals surface area contributed by atoms with E-state index >= 15 is 0 Å². The largest absolute Gasteiger partial charge is 0.356 e. The highest BCUT2D eigenvalue weighted by Crippen LogP contribution is 2.35. The van der Waals surface area contributed by atoms with Crippen LogP contribution in [0.25, 0.3) is 0 Å². The lowest BCUT2D eigenvalue weighted by Crippen LogP contribution is -2.24. The maximum atomic E-state index is 11.7. The Bertz CT molecular complexity index is 571. The molecule has 2 nitrogen and oxygen atoms in total.